The Morgan fingerprint density at radius 1 is 1.23 bits per heavy atom. The summed E-state index contributed by atoms with van der Waals surface area (Å²) in [5.41, 5.74) is 0.510. The molecule has 116 valence electrons. The lowest BCUT2D eigenvalue weighted by Gasteiger charge is -2.17. The summed E-state index contributed by atoms with van der Waals surface area (Å²) in [5.74, 6) is 0.302. The van der Waals surface area contributed by atoms with Crippen LogP contribution in [-0.2, 0) is 10.0 Å². The molecule has 0 radical (unpaired) electrons. The van der Waals surface area contributed by atoms with Crippen LogP contribution in [-0.4, -0.2) is 14.2 Å². The van der Waals surface area contributed by atoms with Gasteiger partial charge >= 0.3 is 0 Å². The average Bonchev–Trinajstić information content (AvgIpc) is 3.19. The van der Waals surface area contributed by atoms with Crippen molar-refractivity contribution in [2.24, 2.45) is 5.92 Å². The summed E-state index contributed by atoms with van der Waals surface area (Å²) in [5, 5.41) is 1.96. The van der Waals surface area contributed by atoms with Gasteiger partial charge in [0.15, 0.2) is 5.78 Å². The first kappa shape index (κ1) is 15.4. The third-order valence-electron chi connectivity index (χ3n) is 3.80. The van der Waals surface area contributed by atoms with Crippen molar-refractivity contribution in [2.45, 2.75) is 30.7 Å². The molecular weight excluding hydrogens is 318 g/mol. The molecule has 22 heavy (non-hydrogen) atoms. The van der Waals surface area contributed by atoms with Gasteiger partial charge in [-0.3, -0.25) is 4.79 Å². The van der Waals surface area contributed by atoms with E-state index in [-0.39, 0.29) is 16.7 Å². The minimum Gasteiger partial charge on any atom is -0.295 e. The maximum absolute atomic E-state index is 12.6. The molecule has 1 aliphatic carbocycles. The Bertz CT molecular complexity index is 760. The van der Waals surface area contributed by atoms with Gasteiger partial charge in [-0.2, -0.15) is 0 Å². The highest BCUT2D eigenvalue weighted by Gasteiger charge is 2.36. The zero-order chi connectivity index (χ0) is 15.7. The lowest BCUT2D eigenvalue weighted by molar-refractivity contribution is 0.101. The van der Waals surface area contributed by atoms with Crippen LogP contribution in [0.3, 0.4) is 0 Å². The second kappa shape index (κ2) is 5.95. The smallest absolute Gasteiger partial charge is 0.241 e. The zero-order valence-corrected chi connectivity index (χ0v) is 13.8. The van der Waals surface area contributed by atoms with Crippen LogP contribution in [0.2, 0.25) is 0 Å². The van der Waals surface area contributed by atoms with E-state index in [2.05, 4.69) is 4.72 Å². The summed E-state index contributed by atoms with van der Waals surface area (Å²) in [6, 6.07) is 9.81. The molecule has 1 atom stereocenters. The van der Waals surface area contributed by atoms with Crippen LogP contribution < -0.4 is 4.72 Å². The van der Waals surface area contributed by atoms with Crippen LogP contribution in [0.15, 0.2) is 46.7 Å². The Morgan fingerprint density at radius 2 is 1.91 bits per heavy atom. The molecule has 1 saturated carbocycles. The number of Topliss-reactive ketones (excluding diaryl/α,β-unsaturated/α-hetero) is 1. The number of thiophene rings is 1. The summed E-state index contributed by atoms with van der Waals surface area (Å²) in [7, 11) is -3.59. The predicted octanol–water partition coefficient (Wildman–Crippen LogP) is 3.38. The standard InChI is InChI=1S/C16H17NO3S2/c1-11(18)12-6-8-14(9-7-12)22(19,20)17-16(13-4-5-13)15-3-2-10-21-15/h2-3,6-10,13,16-17H,4-5H2,1H3. The monoisotopic (exact) mass is 335 g/mol. The Kier molecular flexibility index (Phi) is 4.16. The molecule has 6 heteroatoms. The van der Waals surface area contributed by atoms with Crippen LogP contribution in [0, 0.1) is 5.92 Å². The number of benzene rings is 1. The van der Waals surface area contributed by atoms with E-state index in [1.807, 2.05) is 17.5 Å². The van der Waals surface area contributed by atoms with Crippen molar-refractivity contribution in [3.8, 4) is 0 Å². The van der Waals surface area contributed by atoms with E-state index < -0.39 is 10.0 Å². The molecule has 1 aliphatic rings. The van der Waals surface area contributed by atoms with Gasteiger partial charge < -0.3 is 0 Å². The van der Waals surface area contributed by atoms with E-state index >= 15 is 0 Å². The molecule has 0 spiro atoms. The zero-order valence-electron chi connectivity index (χ0n) is 12.2. The Labute approximate surface area is 134 Å². The highest BCUT2D eigenvalue weighted by molar-refractivity contribution is 7.89. The molecule has 1 N–H and O–H groups in total. The molecule has 1 fully saturated rings. The third-order valence-corrected chi connectivity index (χ3v) is 6.21. The molecule has 1 unspecified atom stereocenters. The van der Waals surface area contributed by atoms with E-state index in [1.54, 1.807) is 23.5 Å². The van der Waals surface area contributed by atoms with Crippen LogP contribution in [0.4, 0.5) is 0 Å². The minimum atomic E-state index is -3.59. The first-order valence-corrected chi connectivity index (χ1v) is 9.50. The number of nitrogens with one attached hydrogen (secondary N) is 1. The van der Waals surface area contributed by atoms with Crippen molar-refractivity contribution < 1.29 is 13.2 Å². The third kappa shape index (κ3) is 3.29. The van der Waals surface area contributed by atoms with Gasteiger partial charge in [-0.1, -0.05) is 18.2 Å². The predicted molar refractivity (Wildman–Crippen MR) is 86.6 cm³/mol. The first-order valence-electron chi connectivity index (χ1n) is 7.14. The van der Waals surface area contributed by atoms with Crippen LogP contribution in [0.25, 0.3) is 0 Å². The Hall–Kier alpha value is -1.50. The molecule has 0 amide bonds. The number of sulfonamides is 1. The fraction of sp³-hybridized carbons (Fsp3) is 0.312. The highest BCUT2D eigenvalue weighted by atomic mass is 32.2. The van der Waals surface area contributed by atoms with Crippen molar-refractivity contribution >= 4 is 27.1 Å². The Balaban J connectivity index is 1.84. The minimum absolute atomic E-state index is 0.0775. The van der Waals surface area contributed by atoms with Gasteiger partial charge in [0.1, 0.15) is 0 Å². The van der Waals surface area contributed by atoms with Crippen molar-refractivity contribution in [1.29, 1.82) is 0 Å². The van der Waals surface area contributed by atoms with E-state index in [4.69, 9.17) is 0 Å². The summed E-state index contributed by atoms with van der Waals surface area (Å²) < 4.78 is 27.9. The lowest BCUT2D eigenvalue weighted by atomic mass is 10.2. The second-order valence-electron chi connectivity index (χ2n) is 5.53. The first-order chi connectivity index (χ1) is 10.5. The summed E-state index contributed by atoms with van der Waals surface area (Å²) in [6.07, 6.45) is 2.10. The van der Waals surface area contributed by atoms with E-state index in [0.29, 0.717) is 11.5 Å². The highest BCUT2D eigenvalue weighted by Crippen LogP contribution is 2.43. The molecule has 3 rings (SSSR count). The van der Waals surface area contributed by atoms with Crippen LogP contribution >= 0.6 is 11.3 Å². The van der Waals surface area contributed by atoms with Crippen molar-refractivity contribution in [3.63, 3.8) is 0 Å². The van der Waals surface area contributed by atoms with Gasteiger partial charge in [0.2, 0.25) is 10.0 Å². The van der Waals surface area contributed by atoms with E-state index in [9.17, 15) is 13.2 Å². The van der Waals surface area contributed by atoms with E-state index in [1.165, 1.54) is 19.1 Å². The molecule has 0 bridgehead atoms. The normalized spacial score (nSPS) is 16.4. The van der Waals surface area contributed by atoms with Gasteiger partial charge in [-0.15, -0.1) is 11.3 Å². The lowest BCUT2D eigenvalue weighted by Crippen LogP contribution is -2.29. The molecule has 0 aliphatic heterocycles. The molecule has 0 saturated heterocycles. The molecular formula is C16H17NO3S2. The number of hydrogen-bond acceptors (Lipinski definition) is 4. The van der Waals surface area contributed by atoms with Crippen molar-refractivity contribution in [1.82, 2.24) is 4.72 Å². The second-order valence-corrected chi connectivity index (χ2v) is 8.23. The van der Waals surface area contributed by atoms with Gasteiger partial charge in [-0.25, -0.2) is 13.1 Å². The van der Waals surface area contributed by atoms with Gasteiger partial charge in [0.05, 0.1) is 10.9 Å². The number of ketones is 1. The number of carbonyl (C=O) groups is 1. The maximum atomic E-state index is 12.6. The van der Waals surface area contributed by atoms with Gasteiger partial charge in [0.25, 0.3) is 0 Å². The average molecular weight is 335 g/mol. The van der Waals surface area contributed by atoms with Crippen molar-refractivity contribution in [2.75, 3.05) is 0 Å². The number of rotatable bonds is 6. The summed E-state index contributed by atoms with van der Waals surface area (Å²) in [4.78, 5) is 12.5. The molecule has 1 aromatic heterocycles. The Morgan fingerprint density at radius 3 is 2.41 bits per heavy atom. The topological polar surface area (TPSA) is 63.2 Å². The summed E-state index contributed by atoms with van der Waals surface area (Å²) in [6.45, 7) is 1.46. The SMILES string of the molecule is CC(=O)c1ccc(S(=O)(=O)NC(c2cccs2)C2CC2)cc1. The van der Waals surface area contributed by atoms with Crippen LogP contribution in [0.5, 0.6) is 0 Å². The number of hydrogen-bond donors (Lipinski definition) is 1. The van der Waals surface area contributed by atoms with E-state index in [0.717, 1.165) is 17.7 Å². The molecule has 2 aromatic rings. The fourth-order valence-electron chi connectivity index (χ4n) is 2.39. The molecule has 1 heterocycles. The molecule has 1 aromatic carbocycles. The maximum Gasteiger partial charge on any atom is 0.241 e. The number of carbonyl (C=O) groups excluding carboxylic acids is 1. The summed E-state index contributed by atoms with van der Waals surface area (Å²) >= 11 is 1.57. The van der Waals surface area contributed by atoms with Gasteiger partial charge in [-0.05, 0) is 49.3 Å². The largest absolute Gasteiger partial charge is 0.295 e. The quantitative estimate of drug-likeness (QED) is 0.823. The fourth-order valence-corrected chi connectivity index (χ4v) is 4.62. The van der Waals surface area contributed by atoms with Crippen LogP contribution in [0.1, 0.15) is 41.0 Å². The van der Waals surface area contributed by atoms with Crippen molar-refractivity contribution in [3.05, 3.63) is 52.2 Å². The van der Waals surface area contributed by atoms with Gasteiger partial charge in [0, 0.05) is 10.4 Å². The molecule has 4 nitrogen and oxygen atoms in total.